The SMILES string of the molecule is CC(C)C1C(=O)N(C)CCN1C(=O)Nc1ccccc1Oc1ccccc1F. The van der Waals surface area contributed by atoms with Crippen LogP contribution in [0.5, 0.6) is 11.5 Å². The minimum atomic E-state index is -0.529. The topological polar surface area (TPSA) is 61.9 Å². The Morgan fingerprint density at radius 2 is 1.75 bits per heavy atom. The number of nitrogens with zero attached hydrogens (tertiary/aromatic N) is 2. The molecule has 1 fully saturated rings. The number of benzene rings is 2. The van der Waals surface area contributed by atoms with Crippen molar-refractivity contribution in [3.8, 4) is 11.5 Å². The zero-order chi connectivity index (χ0) is 20.3. The second-order valence-corrected chi connectivity index (χ2v) is 7.10. The molecule has 0 aromatic heterocycles. The minimum absolute atomic E-state index is 0.0223. The number of halogens is 1. The lowest BCUT2D eigenvalue weighted by Crippen LogP contribution is -2.60. The quantitative estimate of drug-likeness (QED) is 0.867. The largest absolute Gasteiger partial charge is 0.452 e. The van der Waals surface area contributed by atoms with Crippen LogP contribution in [-0.2, 0) is 4.79 Å². The number of carbonyl (C=O) groups is 2. The molecule has 28 heavy (non-hydrogen) atoms. The predicted molar refractivity (Wildman–Crippen MR) is 105 cm³/mol. The van der Waals surface area contributed by atoms with Crippen molar-refractivity contribution in [3.63, 3.8) is 0 Å². The van der Waals surface area contributed by atoms with Gasteiger partial charge in [-0.1, -0.05) is 38.1 Å². The van der Waals surface area contributed by atoms with Gasteiger partial charge < -0.3 is 19.9 Å². The smallest absolute Gasteiger partial charge is 0.322 e. The molecule has 3 amide bonds. The van der Waals surface area contributed by atoms with Crippen molar-refractivity contribution in [3.05, 3.63) is 54.3 Å². The van der Waals surface area contributed by atoms with E-state index in [0.717, 1.165) is 0 Å². The molecule has 6 nitrogen and oxygen atoms in total. The van der Waals surface area contributed by atoms with E-state index < -0.39 is 11.9 Å². The number of carbonyl (C=O) groups excluding carboxylic acids is 2. The van der Waals surface area contributed by atoms with Crippen LogP contribution in [0.2, 0.25) is 0 Å². The van der Waals surface area contributed by atoms with Gasteiger partial charge in [0, 0.05) is 20.1 Å². The number of piperazine rings is 1. The number of nitrogens with one attached hydrogen (secondary N) is 1. The number of amides is 3. The van der Waals surface area contributed by atoms with Crippen molar-refractivity contribution in [1.29, 1.82) is 0 Å². The molecular formula is C21H24FN3O3. The summed E-state index contributed by atoms with van der Waals surface area (Å²) in [6.07, 6.45) is 0. The van der Waals surface area contributed by atoms with E-state index >= 15 is 0 Å². The summed E-state index contributed by atoms with van der Waals surface area (Å²) in [4.78, 5) is 28.6. The molecule has 1 N–H and O–H groups in total. The van der Waals surface area contributed by atoms with Gasteiger partial charge in [0.2, 0.25) is 5.91 Å². The monoisotopic (exact) mass is 385 g/mol. The zero-order valence-electron chi connectivity index (χ0n) is 16.2. The van der Waals surface area contributed by atoms with Gasteiger partial charge >= 0.3 is 6.03 Å². The standard InChI is InChI=1S/C21H24FN3O3/c1-14(2)19-20(26)24(3)12-13-25(19)21(27)23-16-9-5-7-11-18(16)28-17-10-6-4-8-15(17)22/h4-11,14,19H,12-13H2,1-3H3,(H,23,27). The van der Waals surface area contributed by atoms with Crippen LogP contribution in [0.3, 0.4) is 0 Å². The van der Waals surface area contributed by atoms with E-state index in [0.29, 0.717) is 24.5 Å². The first-order valence-corrected chi connectivity index (χ1v) is 9.22. The van der Waals surface area contributed by atoms with Crippen molar-refractivity contribution in [1.82, 2.24) is 9.80 Å². The molecule has 0 bridgehead atoms. The van der Waals surface area contributed by atoms with Gasteiger partial charge in [0.15, 0.2) is 17.3 Å². The molecule has 1 aliphatic rings. The van der Waals surface area contributed by atoms with Gasteiger partial charge in [-0.25, -0.2) is 9.18 Å². The van der Waals surface area contributed by atoms with Gasteiger partial charge in [0.25, 0.3) is 0 Å². The lowest BCUT2D eigenvalue weighted by atomic mass is 9.99. The third-order valence-electron chi connectivity index (χ3n) is 4.72. The Hall–Kier alpha value is -3.09. The summed E-state index contributed by atoms with van der Waals surface area (Å²) in [6.45, 7) is 4.74. The number of hydrogen-bond acceptors (Lipinski definition) is 3. The number of para-hydroxylation sites is 3. The van der Waals surface area contributed by atoms with Crippen LogP contribution in [-0.4, -0.2) is 47.9 Å². The molecule has 0 radical (unpaired) electrons. The fourth-order valence-electron chi connectivity index (χ4n) is 3.23. The summed E-state index contributed by atoms with van der Waals surface area (Å²) >= 11 is 0. The van der Waals surface area contributed by atoms with E-state index in [9.17, 15) is 14.0 Å². The molecular weight excluding hydrogens is 361 g/mol. The Labute approximate surface area is 163 Å². The fourth-order valence-corrected chi connectivity index (χ4v) is 3.23. The maximum Gasteiger partial charge on any atom is 0.322 e. The summed E-state index contributed by atoms with van der Waals surface area (Å²) in [7, 11) is 1.74. The Morgan fingerprint density at radius 3 is 2.43 bits per heavy atom. The van der Waals surface area contributed by atoms with Crippen LogP contribution in [0.25, 0.3) is 0 Å². The van der Waals surface area contributed by atoms with Gasteiger partial charge in [-0.3, -0.25) is 4.79 Å². The Balaban J connectivity index is 1.81. The minimum Gasteiger partial charge on any atom is -0.452 e. The Kier molecular flexibility index (Phi) is 5.82. The van der Waals surface area contributed by atoms with Crippen LogP contribution in [0.15, 0.2) is 48.5 Å². The average molecular weight is 385 g/mol. The second kappa shape index (κ2) is 8.29. The average Bonchev–Trinajstić information content (AvgIpc) is 2.66. The first-order chi connectivity index (χ1) is 13.4. The number of likely N-dealkylation sites (N-methyl/N-ethyl adjacent to an activating group) is 1. The van der Waals surface area contributed by atoms with Gasteiger partial charge in [-0.05, 0) is 30.2 Å². The summed E-state index contributed by atoms with van der Waals surface area (Å²) < 4.78 is 19.6. The highest BCUT2D eigenvalue weighted by Crippen LogP contribution is 2.31. The summed E-state index contributed by atoms with van der Waals surface area (Å²) in [5, 5.41) is 2.81. The van der Waals surface area contributed by atoms with E-state index in [1.54, 1.807) is 53.2 Å². The molecule has 1 atom stereocenters. The molecule has 1 aliphatic heterocycles. The molecule has 2 aromatic carbocycles. The third kappa shape index (κ3) is 4.08. The highest BCUT2D eigenvalue weighted by molar-refractivity contribution is 5.95. The van der Waals surface area contributed by atoms with Crippen LogP contribution in [0.1, 0.15) is 13.8 Å². The van der Waals surface area contributed by atoms with E-state index in [-0.39, 0.29) is 23.6 Å². The molecule has 2 aromatic rings. The van der Waals surface area contributed by atoms with Crippen LogP contribution in [0, 0.1) is 11.7 Å². The van der Waals surface area contributed by atoms with Crippen molar-refractivity contribution in [2.45, 2.75) is 19.9 Å². The number of hydrogen-bond donors (Lipinski definition) is 1. The summed E-state index contributed by atoms with van der Waals surface area (Å²) in [5.41, 5.74) is 0.407. The van der Waals surface area contributed by atoms with E-state index in [2.05, 4.69) is 5.32 Å². The van der Waals surface area contributed by atoms with Crippen LogP contribution < -0.4 is 10.1 Å². The summed E-state index contributed by atoms with van der Waals surface area (Å²) in [6, 6.07) is 12.0. The number of anilines is 1. The Bertz CT molecular complexity index is 871. The molecule has 1 saturated heterocycles. The highest BCUT2D eigenvalue weighted by atomic mass is 19.1. The molecule has 0 aliphatic carbocycles. The normalized spacial score (nSPS) is 17.0. The van der Waals surface area contributed by atoms with Gasteiger partial charge in [-0.2, -0.15) is 0 Å². The van der Waals surface area contributed by atoms with E-state index in [4.69, 9.17) is 4.74 Å². The van der Waals surface area contributed by atoms with Crippen molar-refractivity contribution >= 4 is 17.6 Å². The third-order valence-corrected chi connectivity index (χ3v) is 4.72. The van der Waals surface area contributed by atoms with E-state index in [1.165, 1.54) is 12.1 Å². The maximum absolute atomic E-state index is 13.9. The number of ether oxygens (including phenoxy) is 1. The van der Waals surface area contributed by atoms with Crippen molar-refractivity contribution in [2.24, 2.45) is 5.92 Å². The molecule has 1 unspecified atom stereocenters. The molecule has 0 spiro atoms. The van der Waals surface area contributed by atoms with Crippen LogP contribution in [0.4, 0.5) is 14.9 Å². The van der Waals surface area contributed by atoms with Crippen molar-refractivity contribution in [2.75, 3.05) is 25.5 Å². The number of urea groups is 1. The zero-order valence-corrected chi connectivity index (χ0v) is 16.2. The molecule has 3 rings (SSSR count). The lowest BCUT2D eigenvalue weighted by Gasteiger charge is -2.40. The molecule has 7 heteroatoms. The van der Waals surface area contributed by atoms with Crippen LogP contribution >= 0.6 is 0 Å². The summed E-state index contributed by atoms with van der Waals surface area (Å²) in [5.74, 6) is -0.201. The van der Waals surface area contributed by atoms with Crippen molar-refractivity contribution < 1.29 is 18.7 Å². The first-order valence-electron chi connectivity index (χ1n) is 9.22. The van der Waals surface area contributed by atoms with Gasteiger partial charge in [0.1, 0.15) is 6.04 Å². The first kappa shape index (κ1) is 19.7. The van der Waals surface area contributed by atoms with E-state index in [1.807, 2.05) is 13.8 Å². The number of rotatable bonds is 4. The fraction of sp³-hybridized carbons (Fsp3) is 0.333. The lowest BCUT2D eigenvalue weighted by molar-refractivity contribution is -0.139. The van der Waals surface area contributed by atoms with Gasteiger partial charge in [0.05, 0.1) is 5.69 Å². The molecule has 1 heterocycles. The molecule has 0 saturated carbocycles. The Morgan fingerprint density at radius 1 is 1.11 bits per heavy atom. The maximum atomic E-state index is 13.9. The molecule has 148 valence electrons. The highest BCUT2D eigenvalue weighted by Gasteiger charge is 2.38. The second-order valence-electron chi connectivity index (χ2n) is 7.10. The van der Waals surface area contributed by atoms with Gasteiger partial charge in [-0.15, -0.1) is 0 Å². The predicted octanol–water partition coefficient (Wildman–Crippen LogP) is 3.95.